The van der Waals surface area contributed by atoms with E-state index in [1.54, 1.807) is 18.3 Å². The molecule has 3 heteroatoms. The molecule has 1 N–H and O–H groups in total. The van der Waals surface area contributed by atoms with E-state index in [-0.39, 0.29) is 5.78 Å². The van der Waals surface area contributed by atoms with Crippen LogP contribution in [0.5, 0.6) is 0 Å². The smallest absolute Gasteiger partial charge is 0.161 e. The van der Waals surface area contributed by atoms with E-state index in [0.29, 0.717) is 11.1 Å². The van der Waals surface area contributed by atoms with E-state index in [2.05, 4.69) is 6.58 Å². The zero-order valence-corrected chi connectivity index (χ0v) is 6.87. The summed E-state index contributed by atoms with van der Waals surface area (Å²) in [6.45, 7) is 5.02. The lowest BCUT2D eigenvalue weighted by Gasteiger charge is -2.00. The van der Waals surface area contributed by atoms with Gasteiger partial charge in [0.2, 0.25) is 0 Å². The molecule has 0 aliphatic rings. The normalized spacial score (nSPS) is 9.42. The van der Waals surface area contributed by atoms with Crippen LogP contribution in [0.15, 0.2) is 24.9 Å². The first kappa shape index (κ1) is 8.46. The van der Waals surface area contributed by atoms with E-state index in [9.17, 15) is 4.79 Å². The Morgan fingerprint density at radius 3 is 2.83 bits per heavy atom. The summed E-state index contributed by atoms with van der Waals surface area (Å²) in [5.74, 6) is -0.00870. The van der Waals surface area contributed by atoms with E-state index in [0.717, 1.165) is 0 Å². The standard InChI is InChI=1S/C9H10N2O/c1-3-11-6-8(7(2)12)4-5-9(11)10/h3-6,10H,1H2,2H3. The van der Waals surface area contributed by atoms with Crippen molar-refractivity contribution in [3.63, 3.8) is 0 Å². The molecule has 3 nitrogen and oxygen atoms in total. The third kappa shape index (κ3) is 1.50. The van der Waals surface area contributed by atoms with Crippen molar-refractivity contribution in [3.05, 3.63) is 36.0 Å². The molecule has 0 aliphatic heterocycles. The number of rotatable bonds is 2. The monoisotopic (exact) mass is 162 g/mol. The Balaban J connectivity index is 3.32. The van der Waals surface area contributed by atoms with Crippen molar-refractivity contribution in [2.75, 3.05) is 0 Å². The van der Waals surface area contributed by atoms with Gasteiger partial charge in [0.15, 0.2) is 5.78 Å². The highest BCUT2D eigenvalue weighted by atomic mass is 16.1. The second-order valence-corrected chi connectivity index (χ2v) is 2.45. The summed E-state index contributed by atoms with van der Waals surface area (Å²) in [6, 6.07) is 3.20. The van der Waals surface area contributed by atoms with Crippen LogP contribution in [0.1, 0.15) is 17.3 Å². The van der Waals surface area contributed by atoms with Gasteiger partial charge in [0, 0.05) is 18.0 Å². The average molecular weight is 162 g/mol. The van der Waals surface area contributed by atoms with Crippen LogP contribution in [0, 0.1) is 5.41 Å². The highest BCUT2D eigenvalue weighted by Crippen LogP contribution is 1.96. The summed E-state index contributed by atoms with van der Waals surface area (Å²) in [6.07, 6.45) is 3.09. The summed E-state index contributed by atoms with van der Waals surface area (Å²) < 4.78 is 1.50. The van der Waals surface area contributed by atoms with Crippen molar-refractivity contribution in [1.82, 2.24) is 4.57 Å². The molecule has 0 aliphatic carbocycles. The zero-order valence-electron chi connectivity index (χ0n) is 6.87. The number of nitrogens with zero attached hydrogens (tertiary/aromatic N) is 1. The zero-order chi connectivity index (χ0) is 9.14. The maximum absolute atomic E-state index is 10.9. The van der Waals surface area contributed by atoms with E-state index in [1.807, 2.05) is 0 Å². The summed E-state index contributed by atoms with van der Waals surface area (Å²) in [5, 5.41) is 7.39. The number of Topliss-reactive ketones (excluding diaryl/α,β-unsaturated/α-hetero) is 1. The van der Waals surface area contributed by atoms with Crippen molar-refractivity contribution >= 4 is 12.0 Å². The van der Waals surface area contributed by atoms with E-state index >= 15 is 0 Å². The first-order valence-corrected chi connectivity index (χ1v) is 3.55. The molecule has 0 spiro atoms. The lowest BCUT2D eigenvalue weighted by molar-refractivity contribution is 0.101. The Bertz CT molecular complexity index is 376. The highest BCUT2D eigenvalue weighted by molar-refractivity contribution is 5.93. The van der Waals surface area contributed by atoms with Crippen LogP contribution in [0.25, 0.3) is 6.20 Å². The van der Waals surface area contributed by atoms with Crippen molar-refractivity contribution in [2.24, 2.45) is 0 Å². The summed E-state index contributed by atoms with van der Waals surface area (Å²) in [5.41, 5.74) is 0.904. The number of ketones is 1. The lowest BCUT2D eigenvalue weighted by atomic mass is 10.2. The Kier molecular flexibility index (Phi) is 2.24. The quantitative estimate of drug-likeness (QED) is 0.654. The maximum atomic E-state index is 10.9. The Morgan fingerprint density at radius 2 is 2.33 bits per heavy atom. The Labute approximate surface area is 70.5 Å². The molecule has 0 saturated heterocycles. The van der Waals surface area contributed by atoms with Gasteiger partial charge in [-0.1, -0.05) is 6.58 Å². The highest BCUT2D eigenvalue weighted by Gasteiger charge is 1.98. The van der Waals surface area contributed by atoms with Crippen molar-refractivity contribution in [2.45, 2.75) is 6.92 Å². The van der Waals surface area contributed by atoms with Gasteiger partial charge in [-0.2, -0.15) is 0 Å². The second kappa shape index (κ2) is 3.17. The van der Waals surface area contributed by atoms with Gasteiger partial charge in [0.05, 0.1) is 0 Å². The molecule has 0 fully saturated rings. The van der Waals surface area contributed by atoms with Gasteiger partial charge in [-0.05, 0) is 19.1 Å². The van der Waals surface area contributed by atoms with Gasteiger partial charge in [0.1, 0.15) is 5.49 Å². The molecule has 0 saturated carbocycles. The molecule has 0 aromatic carbocycles. The minimum Gasteiger partial charge on any atom is -0.309 e. The fourth-order valence-corrected chi connectivity index (χ4v) is 0.877. The van der Waals surface area contributed by atoms with Crippen molar-refractivity contribution in [3.8, 4) is 0 Å². The van der Waals surface area contributed by atoms with Gasteiger partial charge in [-0.25, -0.2) is 0 Å². The third-order valence-corrected chi connectivity index (χ3v) is 1.58. The average Bonchev–Trinajstić information content (AvgIpc) is 2.05. The molecule has 1 aromatic heterocycles. The molecule has 62 valence electrons. The van der Waals surface area contributed by atoms with Gasteiger partial charge < -0.3 is 4.57 Å². The van der Waals surface area contributed by atoms with Crippen LogP contribution in [0.2, 0.25) is 0 Å². The fourth-order valence-electron chi connectivity index (χ4n) is 0.877. The molecule has 0 amide bonds. The molecule has 12 heavy (non-hydrogen) atoms. The SMILES string of the molecule is C=Cn1cc(C(C)=O)ccc1=N. The molecule has 0 unspecified atom stereocenters. The van der Waals surface area contributed by atoms with Gasteiger partial charge in [-0.15, -0.1) is 0 Å². The molecular weight excluding hydrogens is 152 g/mol. The largest absolute Gasteiger partial charge is 0.309 e. The van der Waals surface area contributed by atoms with Crippen LogP contribution in [0.4, 0.5) is 0 Å². The Morgan fingerprint density at radius 1 is 1.67 bits per heavy atom. The summed E-state index contributed by atoms with van der Waals surface area (Å²) >= 11 is 0. The van der Waals surface area contributed by atoms with Crippen molar-refractivity contribution in [1.29, 1.82) is 5.41 Å². The van der Waals surface area contributed by atoms with E-state index < -0.39 is 0 Å². The molecule has 0 bridgehead atoms. The van der Waals surface area contributed by atoms with Gasteiger partial charge in [0.25, 0.3) is 0 Å². The molecule has 1 aromatic rings. The van der Waals surface area contributed by atoms with Crippen LogP contribution in [0.3, 0.4) is 0 Å². The number of hydrogen-bond donors (Lipinski definition) is 1. The van der Waals surface area contributed by atoms with Crippen molar-refractivity contribution < 1.29 is 4.79 Å². The van der Waals surface area contributed by atoms with E-state index in [1.165, 1.54) is 17.7 Å². The van der Waals surface area contributed by atoms with Crippen LogP contribution in [-0.4, -0.2) is 10.4 Å². The van der Waals surface area contributed by atoms with Gasteiger partial charge in [-0.3, -0.25) is 10.2 Å². The van der Waals surface area contributed by atoms with Crippen LogP contribution >= 0.6 is 0 Å². The topological polar surface area (TPSA) is 45.9 Å². The van der Waals surface area contributed by atoms with Crippen LogP contribution < -0.4 is 5.49 Å². The molecular formula is C9H10N2O. The molecule has 0 atom stereocenters. The minimum absolute atomic E-state index is 0.00870. The lowest BCUT2D eigenvalue weighted by Crippen LogP contribution is -2.14. The fraction of sp³-hybridized carbons (Fsp3) is 0.111. The van der Waals surface area contributed by atoms with E-state index in [4.69, 9.17) is 5.41 Å². The first-order valence-electron chi connectivity index (χ1n) is 3.55. The number of hydrogen-bond acceptors (Lipinski definition) is 2. The second-order valence-electron chi connectivity index (χ2n) is 2.45. The molecule has 1 heterocycles. The molecule has 0 radical (unpaired) electrons. The van der Waals surface area contributed by atoms with Gasteiger partial charge >= 0.3 is 0 Å². The number of aromatic nitrogens is 1. The summed E-state index contributed by atoms with van der Waals surface area (Å²) in [7, 11) is 0. The predicted molar refractivity (Wildman–Crippen MR) is 46.7 cm³/mol. The first-order chi connectivity index (χ1) is 5.65. The minimum atomic E-state index is -0.00870. The number of carbonyl (C=O) groups excluding carboxylic acids is 1. The summed E-state index contributed by atoms with van der Waals surface area (Å²) in [4.78, 5) is 10.9. The maximum Gasteiger partial charge on any atom is 0.161 e. The number of carbonyl (C=O) groups is 1. The predicted octanol–water partition coefficient (Wildman–Crippen LogP) is 1.27. The number of nitrogens with one attached hydrogen (secondary N) is 1. The van der Waals surface area contributed by atoms with Crippen LogP contribution in [-0.2, 0) is 0 Å². The number of pyridine rings is 1. The molecule has 1 rings (SSSR count). The Hall–Kier alpha value is -1.64. The third-order valence-electron chi connectivity index (χ3n) is 1.58.